The lowest BCUT2D eigenvalue weighted by Gasteiger charge is -2.38. The van der Waals surface area contributed by atoms with Gasteiger partial charge in [0.2, 0.25) is 10.0 Å². The van der Waals surface area contributed by atoms with Crippen molar-refractivity contribution in [3.05, 3.63) is 29.8 Å². The second-order valence-corrected chi connectivity index (χ2v) is 8.53. The fraction of sp³-hybridized carbons (Fsp3) is 0.625. The Kier molecular flexibility index (Phi) is 4.30. The van der Waals surface area contributed by atoms with Gasteiger partial charge in [-0.15, -0.1) is 11.6 Å². The molecule has 1 aliphatic heterocycles. The van der Waals surface area contributed by atoms with Crippen molar-refractivity contribution in [1.29, 1.82) is 0 Å². The number of piperidine rings is 1. The van der Waals surface area contributed by atoms with E-state index in [-0.39, 0.29) is 5.88 Å². The van der Waals surface area contributed by atoms with Crippen LogP contribution in [0.5, 0.6) is 0 Å². The average molecular weight is 328 g/mol. The molecule has 1 aromatic rings. The van der Waals surface area contributed by atoms with E-state index in [0.29, 0.717) is 29.0 Å². The molecule has 3 nitrogen and oxygen atoms in total. The number of hydrogen-bond donors (Lipinski definition) is 0. The molecule has 0 aromatic heterocycles. The predicted molar refractivity (Wildman–Crippen MR) is 84.9 cm³/mol. The minimum absolute atomic E-state index is 0.229. The summed E-state index contributed by atoms with van der Waals surface area (Å²) >= 11 is 5.89. The number of halogens is 1. The molecule has 5 heteroatoms. The summed E-state index contributed by atoms with van der Waals surface area (Å²) in [4.78, 5) is 0.377. The maximum Gasteiger partial charge on any atom is 0.243 e. The molecule has 2 fully saturated rings. The van der Waals surface area contributed by atoms with Crippen LogP contribution in [-0.2, 0) is 15.9 Å². The molecule has 21 heavy (non-hydrogen) atoms. The van der Waals surface area contributed by atoms with Crippen LogP contribution in [0.15, 0.2) is 29.2 Å². The lowest BCUT2D eigenvalue weighted by molar-refractivity contribution is 0.160. The molecule has 1 saturated heterocycles. The Morgan fingerprint density at radius 1 is 1.05 bits per heavy atom. The first kappa shape index (κ1) is 15.3. The van der Waals surface area contributed by atoms with Crippen LogP contribution in [-0.4, -0.2) is 25.8 Å². The van der Waals surface area contributed by atoms with Crippen molar-refractivity contribution >= 4 is 21.6 Å². The fourth-order valence-electron chi connectivity index (χ4n) is 3.83. The van der Waals surface area contributed by atoms with Crippen molar-refractivity contribution in [2.24, 2.45) is 5.41 Å². The molecule has 1 heterocycles. The van der Waals surface area contributed by atoms with Gasteiger partial charge in [0, 0.05) is 19.0 Å². The Morgan fingerprint density at radius 3 is 2.29 bits per heavy atom. The third kappa shape index (κ3) is 2.86. The van der Waals surface area contributed by atoms with Crippen LogP contribution < -0.4 is 0 Å². The highest BCUT2D eigenvalue weighted by Crippen LogP contribution is 2.46. The van der Waals surface area contributed by atoms with Crippen molar-refractivity contribution in [2.45, 2.75) is 49.3 Å². The Morgan fingerprint density at radius 2 is 1.67 bits per heavy atom. The second-order valence-electron chi connectivity index (χ2n) is 6.35. The maximum absolute atomic E-state index is 12.8. The van der Waals surface area contributed by atoms with Crippen molar-refractivity contribution < 1.29 is 8.42 Å². The van der Waals surface area contributed by atoms with Crippen molar-refractivity contribution in [3.63, 3.8) is 0 Å². The van der Waals surface area contributed by atoms with Crippen LogP contribution in [0.4, 0.5) is 0 Å². The predicted octanol–water partition coefficient (Wildman–Crippen LogP) is 3.77. The number of sulfonamides is 1. The molecule has 1 saturated carbocycles. The van der Waals surface area contributed by atoms with Gasteiger partial charge in [-0.25, -0.2) is 8.42 Å². The molecule has 116 valence electrons. The minimum atomic E-state index is -3.40. The molecule has 1 aliphatic carbocycles. The van der Waals surface area contributed by atoms with Gasteiger partial charge in [-0.3, -0.25) is 0 Å². The zero-order valence-corrected chi connectivity index (χ0v) is 13.8. The van der Waals surface area contributed by atoms with E-state index in [4.69, 9.17) is 11.6 Å². The van der Waals surface area contributed by atoms with Crippen molar-refractivity contribution in [2.75, 3.05) is 13.1 Å². The van der Waals surface area contributed by atoms with Crippen LogP contribution in [0.3, 0.4) is 0 Å². The van der Waals surface area contributed by atoms with E-state index >= 15 is 0 Å². The summed E-state index contributed by atoms with van der Waals surface area (Å²) in [7, 11) is -3.40. The standard InChI is InChI=1S/C16H22ClNO2S/c17-13-14-5-1-2-6-15(14)21(19,20)18-11-9-16(10-12-18)7-3-4-8-16/h1-2,5-6H,3-4,7-13H2. The van der Waals surface area contributed by atoms with Gasteiger partial charge in [-0.05, 0) is 42.7 Å². The minimum Gasteiger partial charge on any atom is -0.207 e. The molecule has 3 rings (SSSR count). The number of rotatable bonds is 3. The fourth-order valence-corrected chi connectivity index (χ4v) is 5.81. The molecule has 2 aliphatic rings. The Balaban J connectivity index is 1.80. The van der Waals surface area contributed by atoms with E-state index in [0.717, 1.165) is 12.8 Å². The van der Waals surface area contributed by atoms with Crippen LogP contribution in [0.1, 0.15) is 44.1 Å². The third-order valence-electron chi connectivity index (χ3n) is 5.18. The van der Waals surface area contributed by atoms with Gasteiger partial charge in [0.05, 0.1) is 4.90 Å². The van der Waals surface area contributed by atoms with Gasteiger partial charge >= 0.3 is 0 Å². The van der Waals surface area contributed by atoms with Gasteiger partial charge in [0.25, 0.3) is 0 Å². The van der Waals surface area contributed by atoms with E-state index in [9.17, 15) is 8.42 Å². The SMILES string of the molecule is O=S(=O)(c1ccccc1CCl)N1CCC2(CCCC2)CC1. The van der Waals surface area contributed by atoms with Gasteiger partial charge in [0.15, 0.2) is 0 Å². The largest absolute Gasteiger partial charge is 0.243 e. The van der Waals surface area contributed by atoms with E-state index in [1.54, 1.807) is 22.5 Å². The molecule has 1 spiro atoms. The van der Waals surface area contributed by atoms with Crippen LogP contribution >= 0.6 is 11.6 Å². The normalized spacial score (nSPS) is 22.7. The maximum atomic E-state index is 12.8. The summed E-state index contributed by atoms with van der Waals surface area (Å²) in [6.07, 6.45) is 7.19. The first-order valence-electron chi connectivity index (χ1n) is 7.71. The molecular weight excluding hydrogens is 306 g/mol. The van der Waals surface area contributed by atoms with E-state index < -0.39 is 10.0 Å². The van der Waals surface area contributed by atoms with Crippen LogP contribution in [0.2, 0.25) is 0 Å². The number of benzene rings is 1. The molecule has 0 amide bonds. The van der Waals surface area contributed by atoms with Gasteiger partial charge < -0.3 is 0 Å². The van der Waals surface area contributed by atoms with Crippen LogP contribution in [0.25, 0.3) is 0 Å². The van der Waals surface area contributed by atoms with E-state index in [2.05, 4.69) is 0 Å². The molecule has 1 aromatic carbocycles. The zero-order chi connectivity index (χ0) is 14.9. The first-order chi connectivity index (χ1) is 10.1. The third-order valence-corrected chi connectivity index (χ3v) is 7.47. The Bertz CT molecular complexity index is 598. The lowest BCUT2D eigenvalue weighted by Crippen LogP contribution is -2.42. The van der Waals surface area contributed by atoms with E-state index in [1.165, 1.54) is 25.7 Å². The lowest BCUT2D eigenvalue weighted by atomic mass is 9.78. The second kappa shape index (κ2) is 5.90. The number of nitrogens with zero attached hydrogens (tertiary/aromatic N) is 1. The van der Waals surface area contributed by atoms with Gasteiger partial charge in [-0.2, -0.15) is 4.31 Å². The Hall–Kier alpha value is -0.580. The highest BCUT2D eigenvalue weighted by molar-refractivity contribution is 7.89. The number of alkyl halides is 1. The zero-order valence-electron chi connectivity index (χ0n) is 12.2. The molecular formula is C16H22ClNO2S. The summed E-state index contributed by atoms with van der Waals surface area (Å²) in [5.41, 5.74) is 1.12. The highest BCUT2D eigenvalue weighted by Gasteiger charge is 2.40. The highest BCUT2D eigenvalue weighted by atomic mass is 35.5. The van der Waals surface area contributed by atoms with E-state index in [1.807, 2.05) is 6.07 Å². The monoisotopic (exact) mass is 327 g/mol. The molecule has 0 N–H and O–H groups in total. The van der Waals surface area contributed by atoms with Crippen LogP contribution in [0, 0.1) is 5.41 Å². The number of hydrogen-bond acceptors (Lipinski definition) is 2. The van der Waals surface area contributed by atoms with Crippen molar-refractivity contribution in [1.82, 2.24) is 4.31 Å². The molecule has 0 radical (unpaired) electrons. The quantitative estimate of drug-likeness (QED) is 0.792. The molecule has 0 unspecified atom stereocenters. The average Bonchev–Trinajstić information content (AvgIpc) is 2.96. The molecule has 0 bridgehead atoms. The summed E-state index contributed by atoms with van der Waals surface area (Å²) < 4.78 is 27.3. The Labute approximate surface area is 132 Å². The van der Waals surface area contributed by atoms with Gasteiger partial charge in [-0.1, -0.05) is 31.0 Å². The summed E-state index contributed by atoms with van der Waals surface area (Å²) in [6, 6.07) is 7.07. The molecule has 0 atom stereocenters. The topological polar surface area (TPSA) is 37.4 Å². The first-order valence-corrected chi connectivity index (χ1v) is 9.69. The summed E-state index contributed by atoms with van der Waals surface area (Å²) in [5.74, 6) is 0.229. The summed E-state index contributed by atoms with van der Waals surface area (Å²) in [5, 5.41) is 0. The van der Waals surface area contributed by atoms with Crippen molar-refractivity contribution in [3.8, 4) is 0 Å². The smallest absolute Gasteiger partial charge is 0.207 e. The summed E-state index contributed by atoms with van der Waals surface area (Å²) in [6.45, 7) is 1.30. The van der Waals surface area contributed by atoms with Gasteiger partial charge in [0.1, 0.15) is 0 Å².